The summed E-state index contributed by atoms with van der Waals surface area (Å²) in [5.41, 5.74) is 2.04. The summed E-state index contributed by atoms with van der Waals surface area (Å²) in [4.78, 5) is 26.4. The van der Waals surface area contributed by atoms with Crippen molar-refractivity contribution in [1.29, 1.82) is 0 Å². The molecule has 136 valence electrons. The lowest BCUT2D eigenvalue weighted by atomic mass is 10.2. The number of para-hydroxylation sites is 1. The number of hydrogen-bond donors (Lipinski definition) is 1. The minimum Gasteiger partial charge on any atom is -0.482 e. The summed E-state index contributed by atoms with van der Waals surface area (Å²) >= 11 is 11.8. The Labute approximate surface area is 161 Å². The van der Waals surface area contributed by atoms with E-state index in [-0.39, 0.29) is 12.5 Å². The van der Waals surface area contributed by atoms with Gasteiger partial charge in [-0.3, -0.25) is 9.59 Å². The van der Waals surface area contributed by atoms with Crippen molar-refractivity contribution in [3.63, 3.8) is 0 Å². The molecule has 26 heavy (non-hydrogen) atoms. The summed E-state index contributed by atoms with van der Waals surface area (Å²) in [6, 6.07) is 11.9. The van der Waals surface area contributed by atoms with Crippen LogP contribution in [0.5, 0.6) is 5.75 Å². The van der Waals surface area contributed by atoms with E-state index in [1.54, 1.807) is 24.0 Å². The van der Waals surface area contributed by atoms with Gasteiger partial charge in [-0.25, -0.2) is 0 Å². The van der Waals surface area contributed by atoms with Crippen molar-refractivity contribution in [3.05, 3.63) is 58.1 Å². The van der Waals surface area contributed by atoms with Crippen LogP contribution in [-0.4, -0.2) is 31.0 Å². The first-order valence-corrected chi connectivity index (χ1v) is 8.98. The molecule has 2 amide bonds. The maximum Gasteiger partial charge on any atom is 0.258 e. The average Bonchev–Trinajstić information content (AvgIpc) is 3.04. The highest BCUT2D eigenvalue weighted by molar-refractivity contribution is 6.35. The number of anilines is 1. The first-order chi connectivity index (χ1) is 12.5. The van der Waals surface area contributed by atoms with E-state index in [1.807, 2.05) is 24.3 Å². The Morgan fingerprint density at radius 3 is 2.77 bits per heavy atom. The molecule has 5 nitrogen and oxygen atoms in total. The fourth-order valence-corrected chi connectivity index (χ4v) is 3.34. The van der Waals surface area contributed by atoms with Crippen LogP contribution in [0.4, 0.5) is 5.69 Å². The van der Waals surface area contributed by atoms with Crippen molar-refractivity contribution in [1.82, 2.24) is 5.32 Å². The van der Waals surface area contributed by atoms with Crippen LogP contribution in [0, 0.1) is 0 Å². The maximum atomic E-state index is 12.6. The number of fused-ring (bicyclic) bond motifs is 1. The topological polar surface area (TPSA) is 58.6 Å². The molecule has 1 N–H and O–H groups in total. The summed E-state index contributed by atoms with van der Waals surface area (Å²) in [6.45, 7) is 2.04. The van der Waals surface area contributed by atoms with Gasteiger partial charge < -0.3 is 15.0 Å². The largest absolute Gasteiger partial charge is 0.482 e. The van der Waals surface area contributed by atoms with Gasteiger partial charge in [0.2, 0.25) is 5.91 Å². The van der Waals surface area contributed by atoms with E-state index in [0.29, 0.717) is 22.3 Å². The van der Waals surface area contributed by atoms with Crippen LogP contribution >= 0.6 is 23.2 Å². The van der Waals surface area contributed by atoms with Crippen molar-refractivity contribution in [3.8, 4) is 5.75 Å². The Balaban J connectivity index is 1.55. The van der Waals surface area contributed by atoms with Gasteiger partial charge in [-0.15, -0.1) is 0 Å². The van der Waals surface area contributed by atoms with E-state index >= 15 is 0 Å². The van der Waals surface area contributed by atoms with Crippen LogP contribution in [0.15, 0.2) is 42.5 Å². The number of hydrogen-bond acceptors (Lipinski definition) is 3. The summed E-state index contributed by atoms with van der Waals surface area (Å²) in [5.74, 6) is -0.184. The van der Waals surface area contributed by atoms with E-state index < -0.39 is 11.9 Å². The fraction of sp³-hybridized carbons (Fsp3) is 0.263. The molecule has 0 aromatic heterocycles. The van der Waals surface area contributed by atoms with Crippen molar-refractivity contribution in [2.75, 3.05) is 18.1 Å². The predicted octanol–water partition coefficient (Wildman–Crippen LogP) is 3.47. The molecule has 0 fully saturated rings. The Kier molecular flexibility index (Phi) is 5.69. The molecule has 0 unspecified atom stereocenters. The maximum absolute atomic E-state index is 12.6. The minimum absolute atomic E-state index is 0.146. The molecule has 0 aliphatic carbocycles. The molecule has 7 heteroatoms. The number of halogens is 2. The Hall–Kier alpha value is -2.24. The molecule has 0 spiro atoms. The number of carbonyl (C=O) groups excluding carboxylic acids is 2. The smallest absolute Gasteiger partial charge is 0.258 e. The van der Waals surface area contributed by atoms with E-state index in [1.165, 1.54) is 6.07 Å². The van der Waals surface area contributed by atoms with Crippen molar-refractivity contribution in [2.45, 2.75) is 19.4 Å². The standard InChI is InChI=1S/C19H18Cl2N2O3/c1-12(19(25)23-9-8-13-4-2-3-5-16(13)23)22-18(24)11-26-17-7-6-14(20)10-15(17)21/h2-7,10,12H,8-9,11H2,1H3,(H,22,24)/t12-/m1/s1. The second kappa shape index (κ2) is 7.98. The number of nitrogens with zero attached hydrogens (tertiary/aromatic N) is 1. The van der Waals surface area contributed by atoms with Crippen LogP contribution in [-0.2, 0) is 16.0 Å². The molecule has 0 bridgehead atoms. The molecule has 3 rings (SSSR count). The lowest BCUT2D eigenvalue weighted by molar-refractivity contribution is -0.128. The van der Waals surface area contributed by atoms with Gasteiger partial charge in [0, 0.05) is 17.3 Å². The van der Waals surface area contributed by atoms with Gasteiger partial charge in [-0.2, -0.15) is 0 Å². The second-order valence-electron chi connectivity index (χ2n) is 6.02. The zero-order chi connectivity index (χ0) is 18.7. The quantitative estimate of drug-likeness (QED) is 0.847. The number of rotatable bonds is 5. The van der Waals surface area contributed by atoms with Gasteiger partial charge in [0.15, 0.2) is 6.61 Å². The SMILES string of the molecule is C[C@@H](NC(=O)COc1ccc(Cl)cc1Cl)C(=O)N1CCc2ccccc21. The molecular weight excluding hydrogens is 375 g/mol. The van der Waals surface area contributed by atoms with E-state index in [0.717, 1.165) is 17.7 Å². The van der Waals surface area contributed by atoms with E-state index in [4.69, 9.17) is 27.9 Å². The predicted molar refractivity (Wildman–Crippen MR) is 102 cm³/mol. The lowest BCUT2D eigenvalue weighted by Gasteiger charge is -2.22. The van der Waals surface area contributed by atoms with Gasteiger partial charge in [0.25, 0.3) is 5.91 Å². The first-order valence-electron chi connectivity index (χ1n) is 8.22. The molecule has 1 heterocycles. The number of carbonyl (C=O) groups is 2. The van der Waals surface area contributed by atoms with E-state index in [2.05, 4.69) is 5.32 Å². The number of nitrogens with one attached hydrogen (secondary N) is 1. The molecule has 2 aromatic carbocycles. The molecule has 2 aromatic rings. The van der Waals surface area contributed by atoms with Crippen molar-refractivity contribution in [2.24, 2.45) is 0 Å². The van der Waals surface area contributed by atoms with Crippen LogP contribution in [0.2, 0.25) is 10.0 Å². The second-order valence-corrected chi connectivity index (χ2v) is 6.86. The molecule has 0 saturated heterocycles. The molecule has 1 atom stereocenters. The van der Waals surface area contributed by atoms with E-state index in [9.17, 15) is 9.59 Å². The molecule has 1 aliphatic rings. The number of ether oxygens (including phenoxy) is 1. The molecular formula is C19H18Cl2N2O3. The number of benzene rings is 2. The Morgan fingerprint density at radius 2 is 2.00 bits per heavy atom. The highest BCUT2D eigenvalue weighted by atomic mass is 35.5. The highest BCUT2D eigenvalue weighted by Gasteiger charge is 2.28. The fourth-order valence-electron chi connectivity index (χ4n) is 2.88. The zero-order valence-electron chi connectivity index (χ0n) is 14.2. The Morgan fingerprint density at radius 1 is 1.23 bits per heavy atom. The Bertz CT molecular complexity index is 841. The zero-order valence-corrected chi connectivity index (χ0v) is 15.7. The monoisotopic (exact) mass is 392 g/mol. The summed E-state index contributed by atoms with van der Waals surface area (Å²) in [5, 5.41) is 3.47. The average molecular weight is 393 g/mol. The van der Waals surface area contributed by atoms with Gasteiger partial charge in [-0.1, -0.05) is 41.4 Å². The van der Waals surface area contributed by atoms with Crippen LogP contribution < -0.4 is 15.0 Å². The van der Waals surface area contributed by atoms with Gasteiger partial charge in [0.05, 0.1) is 5.02 Å². The van der Waals surface area contributed by atoms with Crippen LogP contribution in [0.3, 0.4) is 0 Å². The molecule has 1 aliphatic heterocycles. The summed E-state index contributed by atoms with van der Waals surface area (Å²) in [6.07, 6.45) is 0.820. The molecule has 0 saturated carbocycles. The normalized spacial score (nSPS) is 13.9. The summed E-state index contributed by atoms with van der Waals surface area (Å²) in [7, 11) is 0. The van der Waals surface area contributed by atoms with Gasteiger partial charge in [0.1, 0.15) is 11.8 Å². The highest BCUT2D eigenvalue weighted by Crippen LogP contribution is 2.28. The van der Waals surface area contributed by atoms with Gasteiger partial charge in [-0.05, 0) is 43.2 Å². The van der Waals surface area contributed by atoms with Crippen molar-refractivity contribution >= 4 is 40.7 Å². The first kappa shape index (κ1) is 18.5. The minimum atomic E-state index is -0.655. The van der Waals surface area contributed by atoms with Crippen LogP contribution in [0.1, 0.15) is 12.5 Å². The lowest BCUT2D eigenvalue weighted by Crippen LogP contribution is -2.47. The number of amides is 2. The summed E-state index contributed by atoms with van der Waals surface area (Å²) < 4.78 is 5.39. The van der Waals surface area contributed by atoms with Crippen LogP contribution in [0.25, 0.3) is 0 Å². The third kappa shape index (κ3) is 4.11. The molecule has 0 radical (unpaired) electrons. The van der Waals surface area contributed by atoms with Gasteiger partial charge >= 0.3 is 0 Å². The van der Waals surface area contributed by atoms with Crippen molar-refractivity contribution < 1.29 is 14.3 Å². The third-order valence-corrected chi connectivity index (χ3v) is 4.68. The third-order valence-electron chi connectivity index (χ3n) is 4.15.